The molecule has 2 fully saturated rings. The number of aliphatic imine (C=N–C) groups is 3. The van der Waals surface area contributed by atoms with Gasteiger partial charge in [-0.3, -0.25) is 52.8 Å². The van der Waals surface area contributed by atoms with E-state index in [4.69, 9.17) is 57.4 Å². The zero-order valence-electron chi connectivity index (χ0n) is 52.8. The van der Waals surface area contributed by atoms with Crippen LogP contribution in [0.25, 0.3) is 11.0 Å². The molecule has 486 valence electrons. The van der Waals surface area contributed by atoms with Gasteiger partial charge in [0.25, 0.3) is 0 Å². The Hall–Kier alpha value is -6.80. The zero-order valence-corrected chi connectivity index (χ0v) is 53.6. The number of benzene rings is 1. The van der Waals surface area contributed by atoms with Gasteiger partial charge in [-0.2, -0.15) is 0 Å². The Morgan fingerprint density at radius 3 is 2.07 bits per heavy atom. The van der Waals surface area contributed by atoms with E-state index in [9.17, 15) is 53.2 Å². The highest BCUT2D eigenvalue weighted by atomic mass is 31.2. The number of phosphoric ester groups is 1. The fourth-order valence-electron chi connectivity index (χ4n) is 15.1. The van der Waals surface area contributed by atoms with Gasteiger partial charge in [0.15, 0.2) is 6.23 Å². The number of aliphatic hydroxyl groups excluding tert-OH is 2. The molecule has 8 bridgehead atoms. The third-order valence-electron chi connectivity index (χ3n) is 20.3. The maximum absolute atomic E-state index is 14.3. The van der Waals surface area contributed by atoms with Crippen molar-refractivity contribution in [1.82, 2.24) is 20.2 Å². The van der Waals surface area contributed by atoms with E-state index in [1.165, 1.54) is 20.2 Å². The van der Waals surface area contributed by atoms with Gasteiger partial charge in [-0.15, -0.1) is 0 Å². The number of aliphatic hydroxyl groups is 2. The molecule has 2 saturated heterocycles. The summed E-state index contributed by atoms with van der Waals surface area (Å²) in [4.78, 5) is 125. The Bertz CT molecular complexity index is 3480. The van der Waals surface area contributed by atoms with Crippen LogP contribution in [0.5, 0.6) is 0 Å². The summed E-state index contributed by atoms with van der Waals surface area (Å²) in [6.07, 6.45) is -1.86. The summed E-state index contributed by atoms with van der Waals surface area (Å²) in [5.74, 6) is -6.47. The fraction of sp³-hybridized carbons (Fsp3) is 0.629. The lowest BCUT2D eigenvalue weighted by molar-refractivity contribution is -0.124. The quantitative estimate of drug-likeness (QED) is 0.0598. The lowest BCUT2D eigenvalue weighted by Gasteiger charge is -2.48. The highest BCUT2D eigenvalue weighted by molar-refractivity contribution is 7.47. The second-order valence-electron chi connectivity index (χ2n) is 26.9. The molecule has 6 amide bonds. The van der Waals surface area contributed by atoms with Crippen LogP contribution in [-0.2, 0) is 51.9 Å². The summed E-state index contributed by atoms with van der Waals surface area (Å²) in [5, 5.41) is 28.2. The van der Waals surface area contributed by atoms with Crippen LogP contribution in [0, 0.1) is 59.2 Å². The van der Waals surface area contributed by atoms with Gasteiger partial charge in [-0.05, 0) is 108 Å². The maximum Gasteiger partial charge on any atom is 0.472 e. The predicted octanol–water partition coefficient (Wildman–Crippen LogP) is 3.88. The van der Waals surface area contributed by atoms with Gasteiger partial charge in [0.2, 0.25) is 35.4 Å². The van der Waals surface area contributed by atoms with Crippen molar-refractivity contribution in [2.24, 2.45) is 89.0 Å². The van der Waals surface area contributed by atoms with E-state index < -0.39 is 137 Å². The number of rotatable bonds is 26. The van der Waals surface area contributed by atoms with E-state index in [0.717, 1.165) is 11.1 Å². The van der Waals surface area contributed by atoms with E-state index in [1.807, 2.05) is 86.6 Å². The van der Waals surface area contributed by atoms with Gasteiger partial charge >= 0.3 is 7.82 Å². The number of aromatic nitrogens is 2. The molecule has 6 aliphatic heterocycles. The van der Waals surface area contributed by atoms with Crippen LogP contribution in [0.3, 0.4) is 0 Å². The number of nitrogens with one attached hydrogen (secondary N) is 2. The predicted molar refractivity (Wildman–Crippen MR) is 330 cm³/mol. The third kappa shape index (κ3) is 13.2. The van der Waals surface area contributed by atoms with Crippen molar-refractivity contribution in [2.45, 2.75) is 189 Å². The number of nitrogens with two attached hydrogens (primary N) is 5. The molecule has 26 nitrogen and oxygen atoms in total. The minimum Gasteiger partial charge on any atom is -0.394 e. The van der Waals surface area contributed by atoms with E-state index in [2.05, 4.69) is 15.6 Å². The van der Waals surface area contributed by atoms with Crippen LogP contribution in [0.15, 0.2) is 68.3 Å². The molecule has 7 heterocycles. The van der Waals surface area contributed by atoms with Crippen molar-refractivity contribution >= 4 is 77.2 Å². The number of carbonyl (C=O) groups is 7. The van der Waals surface area contributed by atoms with Crippen LogP contribution < -0.4 is 39.3 Å². The maximum atomic E-state index is 14.3. The van der Waals surface area contributed by atoms with Crippen LogP contribution in [-0.4, -0.2) is 132 Å². The number of phosphoric acid groups is 1. The van der Waals surface area contributed by atoms with Crippen LogP contribution >= 0.6 is 7.82 Å². The minimum absolute atomic E-state index is 0.00686. The van der Waals surface area contributed by atoms with Gasteiger partial charge in [0.05, 0.1) is 47.3 Å². The largest absolute Gasteiger partial charge is 0.472 e. The molecule has 1 aromatic heterocycles. The number of aryl methyl sites for hydroxylation is 2. The number of hydrogen-bond acceptors (Lipinski definition) is 18. The fourth-order valence-corrected chi connectivity index (χ4v) is 16.2. The monoisotopic (exact) mass is 1260 g/mol. The molecule has 2 unspecified atom stereocenters. The van der Waals surface area contributed by atoms with Crippen molar-refractivity contribution < 1.29 is 67.0 Å². The van der Waals surface area contributed by atoms with Gasteiger partial charge in [0, 0.05) is 125 Å². The molecule has 0 aliphatic carbocycles. The van der Waals surface area contributed by atoms with Crippen LogP contribution in [0.4, 0.5) is 0 Å². The number of primary amides is 5. The number of hydrogen-bond donors (Lipinski definition) is 10. The van der Waals surface area contributed by atoms with Gasteiger partial charge in [-0.25, -0.2) is 9.55 Å². The molecule has 15 N–H and O–H groups in total. The van der Waals surface area contributed by atoms with Gasteiger partial charge in [0.1, 0.15) is 24.1 Å². The molecule has 2 aromatic rings. The molecule has 8 rings (SSSR count). The Morgan fingerprint density at radius 1 is 0.831 bits per heavy atom. The van der Waals surface area contributed by atoms with E-state index in [-0.39, 0.29) is 83.0 Å². The van der Waals surface area contributed by atoms with Crippen molar-refractivity contribution in [3.8, 4) is 0 Å². The molecule has 6 aliphatic rings. The summed E-state index contributed by atoms with van der Waals surface area (Å²) < 4.78 is 32.2. The summed E-state index contributed by atoms with van der Waals surface area (Å²) >= 11 is 0. The van der Waals surface area contributed by atoms with Crippen molar-refractivity contribution in [3.05, 3.63) is 64.4 Å². The highest BCUT2D eigenvalue weighted by Gasteiger charge is 2.66. The van der Waals surface area contributed by atoms with Crippen molar-refractivity contribution in [1.29, 1.82) is 0 Å². The molecular weight excluding hydrogens is 1170 g/mol. The van der Waals surface area contributed by atoms with Crippen LogP contribution in [0.2, 0.25) is 0 Å². The minimum atomic E-state index is -5.06. The number of ketones is 1. The second-order valence-corrected chi connectivity index (χ2v) is 28.3. The molecule has 0 saturated carbocycles. The molecule has 0 radical (unpaired) electrons. The number of imidazole rings is 1. The lowest BCUT2D eigenvalue weighted by atomic mass is 9.55. The first-order valence-electron chi connectivity index (χ1n) is 30.4. The first-order valence-corrected chi connectivity index (χ1v) is 31.8. The Morgan fingerprint density at radius 2 is 1.46 bits per heavy atom. The normalized spacial score (nSPS) is 32.2. The Kier molecular flexibility index (Phi) is 19.5. The number of Topliss-reactive ketones (excluding diaryl/α,β-unsaturated/α-hetero) is 1. The molecule has 0 spiro atoms. The summed E-state index contributed by atoms with van der Waals surface area (Å²) in [6, 6.07) is 2.72. The number of nitrogens with zero attached hydrogens (tertiary/aromatic N) is 5. The Balaban J connectivity index is 1.17. The first kappa shape index (κ1) is 68.1. The third-order valence-corrected chi connectivity index (χ3v) is 21.5. The smallest absolute Gasteiger partial charge is 0.394 e. The average molecular weight is 1260 g/mol. The highest BCUT2D eigenvalue weighted by Crippen LogP contribution is 2.62. The number of ether oxygens (including phenoxy) is 1. The molecule has 15 atom stereocenters. The number of carbonyl (C=O) groups excluding carboxylic acids is 7. The first-order chi connectivity index (χ1) is 41.4. The number of allylic oxidation sites excluding steroid dienone is 6. The van der Waals surface area contributed by atoms with Crippen molar-refractivity contribution in [2.75, 3.05) is 13.2 Å². The SMILES string of the molecule is CC(=O)CC[C@@H]1C2=NC(=C(C)C3=N[C@@](C)([C@@H]4N=C(C=C5NC(=C2)C(C)(C)[C@@H]5CCC(N)=O)[C@](C)(CCC(=O)NCC(C)OP(=O)(O)O[C@H]2[C@@H](O)[C@@H](n5cnc6cc(C)c(C)cc65)O[C@@H]2CO)[C@H]4CC(N)=O)[C@@](C)(CC(N)=O)[C@@H]3CCC(N)=O)[C@@]1(C)CC(N)=O. The lowest BCUT2D eigenvalue weighted by Crippen LogP contribution is -2.56. The number of fused-ring (bicyclic) bond motifs is 7. The molecule has 89 heavy (non-hydrogen) atoms. The van der Waals surface area contributed by atoms with E-state index in [1.54, 1.807) is 4.57 Å². The van der Waals surface area contributed by atoms with E-state index in [0.29, 0.717) is 50.8 Å². The molecule has 27 heteroatoms. The molecular formula is C62H89N12O14P. The van der Waals surface area contributed by atoms with E-state index >= 15 is 0 Å². The topological polar surface area (TPSA) is 434 Å². The van der Waals surface area contributed by atoms with Gasteiger partial charge < -0.3 is 68.5 Å². The van der Waals surface area contributed by atoms with Gasteiger partial charge in [-0.1, -0.05) is 34.6 Å². The summed E-state index contributed by atoms with van der Waals surface area (Å²) in [6.45, 7) is 19.0. The molecule has 1 aromatic carbocycles. The van der Waals surface area contributed by atoms with Crippen molar-refractivity contribution in [3.63, 3.8) is 0 Å². The zero-order chi connectivity index (χ0) is 65.8. The standard InChI is InChI=1S/C62H89N12O14P/c1-30-20-41-42(21-31(30)2)74(29-69-41)57-53(83)54(43(28-75)86-57)88-89(84,85)87-33(4)27-68-51(82)18-19-59(8)38(22-48(65)79)56-62(11)61(10,26-50(67)81)37(15-17-47(64)78)52(73-62)34(5)55-60(9,25-49(66)80)36(13-12-32(3)76)40(71-55)23-44-58(6,7)35(14-16-46(63)77)39(70-44)24-45(59)72-56/h20-21,23-24,29,33,35-38,43,53-54,56-57,70,75,83H,12-19,22,25-28H2,1-11H3,(H2,63,77)(H2,64,78)(H2,65,79)(H2,66,80)(H2,67,81)(H,68,82)(H,84,85)/t33?,35-,36-,37-,38+,43-,53-,54-,56-,57+,59-,60+,61+,62+/m1/s1. The average Bonchev–Trinajstić information content (AvgIpc) is 1.54. The second kappa shape index (κ2) is 25.5. The summed E-state index contributed by atoms with van der Waals surface area (Å²) in [7, 11) is -5.06. The Labute approximate surface area is 518 Å². The van der Waals surface area contributed by atoms with Crippen LogP contribution in [0.1, 0.15) is 150 Å². The number of amides is 6. The summed E-state index contributed by atoms with van der Waals surface area (Å²) in [5.41, 5.74) is 31.2.